The van der Waals surface area contributed by atoms with Gasteiger partial charge in [0.2, 0.25) is 0 Å². The number of nitrogens with one attached hydrogen (secondary N) is 1. The van der Waals surface area contributed by atoms with Gasteiger partial charge in [-0.25, -0.2) is 19.9 Å². The van der Waals surface area contributed by atoms with E-state index in [-0.39, 0.29) is 0 Å². The Hall–Kier alpha value is -3.02. The summed E-state index contributed by atoms with van der Waals surface area (Å²) in [4.78, 5) is 23.8. The lowest BCUT2D eigenvalue weighted by molar-refractivity contribution is 0.502. The molecule has 0 atom stereocenters. The Morgan fingerprint density at radius 3 is 2.75 bits per heavy atom. The van der Waals surface area contributed by atoms with Gasteiger partial charge in [0, 0.05) is 18.8 Å². The first-order valence-corrected chi connectivity index (χ1v) is 8.06. The first kappa shape index (κ1) is 13.4. The molecule has 0 unspecified atom stereocenters. The Kier molecular flexibility index (Phi) is 2.79. The van der Waals surface area contributed by atoms with E-state index in [0.29, 0.717) is 5.92 Å². The second-order valence-corrected chi connectivity index (χ2v) is 6.26. The van der Waals surface area contributed by atoms with Crippen LogP contribution >= 0.6 is 0 Å². The van der Waals surface area contributed by atoms with E-state index in [1.54, 1.807) is 6.33 Å². The standard InChI is InChI=1S/C18H16N6/c1-11-6-7-15-16(21-11)18(20-10-19-15)24-8-12(9-24)17-22-13-4-2-3-5-14(13)23-17/h2-7,10,12H,8-9H2,1H3,(H,22,23). The number of hydrogen-bond acceptors (Lipinski definition) is 5. The highest BCUT2D eigenvalue weighted by atomic mass is 15.3. The molecule has 1 aliphatic rings. The van der Waals surface area contributed by atoms with Gasteiger partial charge in [0.05, 0.1) is 22.5 Å². The van der Waals surface area contributed by atoms with Gasteiger partial charge in [-0.15, -0.1) is 0 Å². The number of rotatable bonds is 2. The Labute approximate surface area is 138 Å². The largest absolute Gasteiger partial charge is 0.353 e. The summed E-state index contributed by atoms with van der Waals surface area (Å²) in [5.41, 5.74) is 4.86. The molecule has 0 bridgehead atoms. The van der Waals surface area contributed by atoms with E-state index in [4.69, 9.17) is 4.98 Å². The van der Waals surface area contributed by atoms with Gasteiger partial charge in [-0.2, -0.15) is 0 Å². The molecule has 3 aromatic heterocycles. The monoisotopic (exact) mass is 316 g/mol. The number of hydrogen-bond donors (Lipinski definition) is 1. The molecule has 0 aliphatic carbocycles. The summed E-state index contributed by atoms with van der Waals surface area (Å²) in [5.74, 6) is 2.36. The van der Waals surface area contributed by atoms with Crippen LogP contribution in [0.25, 0.3) is 22.1 Å². The molecule has 1 aliphatic heterocycles. The summed E-state index contributed by atoms with van der Waals surface area (Å²) in [7, 11) is 0. The quantitative estimate of drug-likeness (QED) is 0.616. The van der Waals surface area contributed by atoms with Crippen LogP contribution in [-0.4, -0.2) is 38.0 Å². The van der Waals surface area contributed by atoms with Crippen LogP contribution in [0.15, 0.2) is 42.7 Å². The molecule has 6 nitrogen and oxygen atoms in total. The van der Waals surface area contributed by atoms with Crippen LogP contribution in [0.3, 0.4) is 0 Å². The number of H-pyrrole nitrogens is 1. The first-order valence-electron chi connectivity index (χ1n) is 8.06. The Bertz CT molecular complexity index is 1010. The van der Waals surface area contributed by atoms with E-state index in [0.717, 1.165) is 52.5 Å². The van der Waals surface area contributed by atoms with E-state index in [9.17, 15) is 0 Å². The van der Waals surface area contributed by atoms with Gasteiger partial charge in [-0.3, -0.25) is 0 Å². The number of pyridine rings is 1. The first-order chi connectivity index (χ1) is 11.8. The number of aryl methyl sites for hydroxylation is 1. The summed E-state index contributed by atoms with van der Waals surface area (Å²) in [5, 5.41) is 0. The Morgan fingerprint density at radius 1 is 1.00 bits per heavy atom. The molecule has 1 saturated heterocycles. The van der Waals surface area contributed by atoms with Gasteiger partial charge in [-0.1, -0.05) is 12.1 Å². The fourth-order valence-corrected chi connectivity index (χ4v) is 3.25. The number of aromatic amines is 1. The predicted octanol–water partition coefficient (Wildman–Crippen LogP) is 2.81. The van der Waals surface area contributed by atoms with Crippen molar-refractivity contribution in [1.82, 2.24) is 24.9 Å². The maximum Gasteiger partial charge on any atom is 0.158 e. The molecule has 1 aromatic carbocycles. The normalized spacial score (nSPS) is 15.1. The molecule has 6 heteroatoms. The molecule has 0 amide bonds. The third-order valence-corrected chi connectivity index (χ3v) is 4.58. The molecule has 4 aromatic rings. The molecular formula is C18H16N6. The van der Waals surface area contributed by atoms with Crippen molar-refractivity contribution in [1.29, 1.82) is 0 Å². The van der Waals surface area contributed by atoms with E-state index in [2.05, 4.69) is 30.9 Å². The second-order valence-electron chi connectivity index (χ2n) is 6.26. The number of para-hydroxylation sites is 2. The van der Waals surface area contributed by atoms with Crippen molar-refractivity contribution in [2.45, 2.75) is 12.8 Å². The Morgan fingerprint density at radius 2 is 1.88 bits per heavy atom. The van der Waals surface area contributed by atoms with Gasteiger partial charge in [0.1, 0.15) is 17.7 Å². The fourth-order valence-electron chi connectivity index (χ4n) is 3.25. The maximum absolute atomic E-state index is 4.71. The fraction of sp³-hybridized carbons (Fsp3) is 0.222. The minimum absolute atomic E-state index is 0.396. The van der Waals surface area contributed by atoms with Crippen molar-refractivity contribution in [3.8, 4) is 0 Å². The lowest BCUT2D eigenvalue weighted by Crippen LogP contribution is -2.46. The number of benzene rings is 1. The molecule has 1 fully saturated rings. The molecule has 118 valence electrons. The zero-order valence-electron chi connectivity index (χ0n) is 13.3. The van der Waals surface area contributed by atoms with Crippen LogP contribution in [0.4, 0.5) is 5.82 Å². The lowest BCUT2D eigenvalue weighted by Gasteiger charge is -2.39. The van der Waals surface area contributed by atoms with Crippen molar-refractivity contribution in [3.05, 3.63) is 54.2 Å². The number of nitrogens with zero attached hydrogens (tertiary/aromatic N) is 5. The number of imidazole rings is 1. The number of aromatic nitrogens is 5. The van der Waals surface area contributed by atoms with E-state index in [1.165, 1.54) is 0 Å². The van der Waals surface area contributed by atoms with Gasteiger partial charge in [-0.05, 0) is 31.2 Å². The Balaban J connectivity index is 1.44. The van der Waals surface area contributed by atoms with Crippen molar-refractivity contribution < 1.29 is 0 Å². The third kappa shape index (κ3) is 2.03. The van der Waals surface area contributed by atoms with E-state index < -0.39 is 0 Å². The highest BCUT2D eigenvalue weighted by Crippen LogP contribution is 2.32. The van der Waals surface area contributed by atoms with Gasteiger partial charge in [0.25, 0.3) is 0 Å². The molecule has 0 radical (unpaired) electrons. The minimum Gasteiger partial charge on any atom is -0.353 e. The smallest absolute Gasteiger partial charge is 0.158 e. The van der Waals surface area contributed by atoms with Crippen molar-refractivity contribution in [2.24, 2.45) is 0 Å². The molecule has 4 heterocycles. The lowest BCUT2D eigenvalue weighted by atomic mass is 9.99. The van der Waals surface area contributed by atoms with Crippen molar-refractivity contribution in [3.63, 3.8) is 0 Å². The summed E-state index contributed by atoms with van der Waals surface area (Å²) in [6.45, 7) is 3.77. The van der Waals surface area contributed by atoms with Crippen LogP contribution in [0, 0.1) is 6.92 Å². The number of fused-ring (bicyclic) bond motifs is 2. The predicted molar refractivity (Wildman–Crippen MR) is 93.1 cm³/mol. The topological polar surface area (TPSA) is 70.6 Å². The number of anilines is 1. The van der Waals surface area contributed by atoms with Gasteiger partial charge in [0.15, 0.2) is 5.82 Å². The molecule has 0 saturated carbocycles. The maximum atomic E-state index is 4.71. The molecule has 1 N–H and O–H groups in total. The zero-order valence-corrected chi connectivity index (χ0v) is 13.3. The van der Waals surface area contributed by atoms with Crippen molar-refractivity contribution in [2.75, 3.05) is 18.0 Å². The average Bonchev–Trinajstić information content (AvgIpc) is 2.97. The zero-order chi connectivity index (χ0) is 16.1. The van der Waals surface area contributed by atoms with Crippen LogP contribution in [0.1, 0.15) is 17.4 Å². The molecule has 24 heavy (non-hydrogen) atoms. The molecule has 0 spiro atoms. The molecular weight excluding hydrogens is 300 g/mol. The van der Waals surface area contributed by atoms with Crippen LogP contribution in [0.5, 0.6) is 0 Å². The third-order valence-electron chi connectivity index (χ3n) is 4.58. The van der Waals surface area contributed by atoms with Crippen molar-refractivity contribution >= 4 is 27.9 Å². The van der Waals surface area contributed by atoms with E-state index in [1.807, 2.05) is 37.3 Å². The van der Waals surface area contributed by atoms with Crippen LogP contribution in [0.2, 0.25) is 0 Å². The SMILES string of the molecule is Cc1ccc2ncnc(N3CC(c4nc5ccccc5[nH]4)C3)c2n1. The second kappa shape index (κ2) is 4.99. The average molecular weight is 316 g/mol. The van der Waals surface area contributed by atoms with Gasteiger partial charge >= 0.3 is 0 Å². The summed E-state index contributed by atoms with van der Waals surface area (Å²) in [6, 6.07) is 12.1. The highest BCUT2D eigenvalue weighted by molar-refractivity contribution is 5.86. The minimum atomic E-state index is 0.396. The molecule has 5 rings (SSSR count). The highest BCUT2D eigenvalue weighted by Gasteiger charge is 2.32. The van der Waals surface area contributed by atoms with Crippen LogP contribution in [-0.2, 0) is 0 Å². The van der Waals surface area contributed by atoms with Gasteiger partial charge < -0.3 is 9.88 Å². The summed E-state index contributed by atoms with van der Waals surface area (Å²) >= 11 is 0. The van der Waals surface area contributed by atoms with Crippen LogP contribution < -0.4 is 4.90 Å². The summed E-state index contributed by atoms with van der Waals surface area (Å²) in [6.07, 6.45) is 1.61. The summed E-state index contributed by atoms with van der Waals surface area (Å²) < 4.78 is 0. The van der Waals surface area contributed by atoms with E-state index >= 15 is 0 Å².